The third-order valence-corrected chi connectivity index (χ3v) is 2.81. The van der Waals surface area contributed by atoms with Gasteiger partial charge in [-0.25, -0.2) is 4.79 Å². The van der Waals surface area contributed by atoms with E-state index in [0.29, 0.717) is 5.92 Å². The molecule has 0 aliphatic carbocycles. The Hall–Kier alpha value is -1.14. The van der Waals surface area contributed by atoms with Gasteiger partial charge in [0.15, 0.2) is 0 Å². The number of hydrogen-bond donors (Lipinski definition) is 3. The number of carbonyl (C=O) groups excluding carboxylic acids is 2. The van der Waals surface area contributed by atoms with E-state index >= 15 is 0 Å². The van der Waals surface area contributed by atoms with Gasteiger partial charge in [0, 0.05) is 13.7 Å². The molecule has 3 amide bonds. The molecule has 1 fully saturated rings. The van der Waals surface area contributed by atoms with Gasteiger partial charge in [-0.2, -0.15) is 0 Å². The zero-order chi connectivity index (χ0) is 12.0. The Morgan fingerprint density at radius 1 is 1.38 bits per heavy atom. The van der Waals surface area contributed by atoms with Crippen LogP contribution in [-0.2, 0) is 4.79 Å². The first-order chi connectivity index (χ1) is 7.65. The Morgan fingerprint density at radius 3 is 2.50 bits per heavy atom. The zero-order valence-electron chi connectivity index (χ0n) is 9.53. The van der Waals surface area contributed by atoms with Crippen molar-refractivity contribution in [1.29, 1.82) is 0 Å². The van der Waals surface area contributed by atoms with Gasteiger partial charge >= 0.3 is 6.03 Å². The van der Waals surface area contributed by atoms with Gasteiger partial charge in [-0.05, 0) is 31.8 Å². The Kier molecular flexibility index (Phi) is 5.21. The fourth-order valence-electron chi connectivity index (χ4n) is 1.76. The van der Waals surface area contributed by atoms with Gasteiger partial charge < -0.3 is 10.4 Å². The molecule has 6 heteroatoms. The number of carbonyl (C=O) groups is 2. The maximum absolute atomic E-state index is 11.4. The monoisotopic (exact) mass is 229 g/mol. The summed E-state index contributed by atoms with van der Waals surface area (Å²) in [7, 11) is 1.47. The minimum atomic E-state index is -0.477. The minimum Gasteiger partial charge on any atom is -0.396 e. The van der Waals surface area contributed by atoms with E-state index in [4.69, 9.17) is 5.11 Å². The first-order valence-corrected chi connectivity index (χ1v) is 5.50. The molecule has 6 nitrogen and oxygen atoms in total. The van der Waals surface area contributed by atoms with E-state index in [2.05, 4.69) is 10.6 Å². The summed E-state index contributed by atoms with van der Waals surface area (Å²) in [5, 5.41) is 13.5. The van der Waals surface area contributed by atoms with Crippen LogP contribution >= 0.6 is 0 Å². The van der Waals surface area contributed by atoms with E-state index in [1.54, 1.807) is 0 Å². The number of likely N-dealkylation sites (tertiary alicyclic amines) is 1. The van der Waals surface area contributed by atoms with Crippen LogP contribution in [0.1, 0.15) is 12.8 Å². The van der Waals surface area contributed by atoms with Gasteiger partial charge in [-0.15, -0.1) is 0 Å². The number of rotatable bonds is 3. The fraction of sp³-hybridized carbons (Fsp3) is 0.800. The van der Waals surface area contributed by atoms with Crippen molar-refractivity contribution in [2.24, 2.45) is 5.92 Å². The second-order valence-electron chi connectivity index (χ2n) is 4.03. The molecule has 92 valence electrons. The molecule has 1 heterocycles. The molecule has 3 N–H and O–H groups in total. The van der Waals surface area contributed by atoms with E-state index in [1.807, 2.05) is 4.90 Å². The average Bonchev–Trinajstić information content (AvgIpc) is 2.29. The Labute approximate surface area is 95.0 Å². The van der Waals surface area contributed by atoms with Crippen molar-refractivity contribution < 1.29 is 14.7 Å². The van der Waals surface area contributed by atoms with Crippen LogP contribution in [0.2, 0.25) is 0 Å². The van der Waals surface area contributed by atoms with Crippen molar-refractivity contribution in [2.45, 2.75) is 12.8 Å². The lowest BCUT2D eigenvalue weighted by Crippen LogP contribution is -2.45. The summed E-state index contributed by atoms with van der Waals surface area (Å²) in [6.07, 6.45) is 1.81. The third kappa shape index (κ3) is 4.16. The molecule has 0 atom stereocenters. The van der Waals surface area contributed by atoms with Crippen molar-refractivity contribution in [3.8, 4) is 0 Å². The number of piperidine rings is 1. The summed E-state index contributed by atoms with van der Waals surface area (Å²) in [4.78, 5) is 24.2. The number of aliphatic hydroxyl groups is 1. The number of imide groups is 1. The quantitative estimate of drug-likeness (QED) is 0.588. The first-order valence-electron chi connectivity index (χ1n) is 5.50. The maximum atomic E-state index is 11.4. The van der Waals surface area contributed by atoms with Gasteiger partial charge in [0.1, 0.15) is 0 Å². The van der Waals surface area contributed by atoms with Crippen molar-refractivity contribution >= 4 is 11.9 Å². The summed E-state index contributed by atoms with van der Waals surface area (Å²) >= 11 is 0. The highest BCUT2D eigenvalue weighted by atomic mass is 16.3. The molecular formula is C10H19N3O3. The Morgan fingerprint density at radius 2 is 2.00 bits per heavy atom. The molecule has 0 aromatic heterocycles. The smallest absolute Gasteiger partial charge is 0.321 e. The summed E-state index contributed by atoms with van der Waals surface area (Å²) < 4.78 is 0. The number of nitrogens with zero attached hydrogens (tertiary/aromatic N) is 1. The lowest BCUT2D eigenvalue weighted by Gasteiger charge is -2.30. The van der Waals surface area contributed by atoms with Crippen molar-refractivity contribution in [2.75, 3.05) is 33.3 Å². The molecular weight excluding hydrogens is 210 g/mol. The van der Waals surface area contributed by atoms with Gasteiger partial charge in [-0.3, -0.25) is 15.0 Å². The molecule has 1 aliphatic rings. The van der Waals surface area contributed by atoms with Crippen molar-refractivity contribution in [3.05, 3.63) is 0 Å². The van der Waals surface area contributed by atoms with Gasteiger partial charge in [-0.1, -0.05) is 0 Å². The summed E-state index contributed by atoms with van der Waals surface area (Å²) in [5.74, 6) is 0.0695. The predicted octanol–water partition coefficient (Wildman–Crippen LogP) is -0.854. The summed E-state index contributed by atoms with van der Waals surface area (Å²) in [5.41, 5.74) is 0. The largest absolute Gasteiger partial charge is 0.396 e. The number of hydrogen-bond acceptors (Lipinski definition) is 4. The molecule has 1 rings (SSSR count). The van der Waals surface area contributed by atoms with Gasteiger partial charge in [0.25, 0.3) is 0 Å². The van der Waals surface area contributed by atoms with Crippen LogP contribution < -0.4 is 10.6 Å². The molecule has 0 aromatic carbocycles. The van der Waals surface area contributed by atoms with E-state index in [1.165, 1.54) is 7.05 Å². The normalized spacial score (nSPS) is 18.1. The number of aliphatic hydroxyl groups excluding tert-OH is 1. The molecule has 0 aromatic rings. The number of urea groups is 1. The fourth-order valence-corrected chi connectivity index (χ4v) is 1.76. The van der Waals surface area contributed by atoms with Crippen molar-refractivity contribution in [3.63, 3.8) is 0 Å². The molecule has 1 aliphatic heterocycles. The molecule has 0 saturated carbocycles. The number of nitrogens with one attached hydrogen (secondary N) is 2. The zero-order valence-corrected chi connectivity index (χ0v) is 9.53. The van der Waals surface area contributed by atoms with Crippen LogP contribution in [0.5, 0.6) is 0 Å². The van der Waals surface area contributed by atoms with Gasteiger partial charge in [0.05, 0.1) is 6.54 Å². The molecule has 16 heavy (non-hydrogen) atoms. The highest BCUT2D eigenvalue weighted by molar-refractivity contribution is 5.95. The number of amides is 3. The van der Waals surface area contributed by atoms with Gasteiger partial charge in [0.2, 0.25) is 5.91 Å². The van der Waals surface area contributed by atoms with Crippen LogP contribution in [0.25, 0.3) is 0 Å². The van der Waals surface area contributed by atoms with E-state index in [0.717, 1.165) is 25.9 Å². The molecule has 0 bridgehead atoms. The van der Waals surface area contributed by atoms with E-state index in [-0.39, 0.29) is 19.1 Å². The Bertz CT molecular complexity index is 250. The SMILES string of the molecule is CNC(=O)NC(=O)CN1CCC(CO)CC1. The predicted molar refractivity (Wildman–Crippen MR) is 58.8 cm³/mol. The average molecular weight is 229 g/mol. The van der Waals surface area contributed by atoms with Crippen molar-refractivity contribution in [1.82, 2.24) is 15.5 Å². The van der Waals surface area contributed by atoms with Crippen LogP contribution in [0.3, 0.4) is 0 Å². The van der Waals surface area contributed by atoms with Crippen LogP contribution in [-0.4, -0.2) is 55.2 Å². The molecule has 1 saturated heterocycles. The summed E-state index contributed by atoms with van der Waals surface area (Å²) in [6, 6.07) is -0.477. The second-order valence-corrected chi connectivity index (χ2v) is 4.03. The standard InChI is InChI=1S/C10H19N3O3/c1-11-10(16)12-9(15)6-13-4-2-8(7-14)3-5-13/h8,14H,2-7H2,1H3,(H2,11,12,15,16). The van der Waals surface area contributed by atoms with Crippen LogP contribution in [0.15, 0.2) is 0 Å². The second kappa shape index (κ2) is 6.44. The van der Waals surface area contributed by atoms with E-state index < -0.39 is 6.03 Å². The highest BCUT2D eigenvalue weighted by Gasteiger charge is 2.20. The third-order valence-electron chi connectivity index (χ3n) is 2.81. The molecule has 0 spiro atoms. The topological polar surface area (TPSA) is 81.7 Å². The first kappa shape index (κ1) is 12.9. The van der Waals surface area contributed by atoms with Crippen LogP contribution in [0, 0.1) is 5.92 Å². The molecule has 0 radical (unpaired) electrons. The minimum absolute atomic E-state index is 0.221. The lowest BCUT2D eigenvalue weighted by molar-refractivity contribution is -0.121. The Balaban J connectivity index is 2.23. The highest BCUT2D eigenvalue weighted by Crippen LogP contribution is 2.15. The van der Waals surface area contributed by atoms with Crippen LogP contribution in [0.4, 0.5) is 4.79 Å². The maximum Gasteiger partial charge on any atom is 0.321 e. The summed E-state index contributed by atoms with van der Waals surface area (Å²) in [6.45, 7) is 2.06. The lowest BCUT2D eigenvalue weighted by atomic mass is 9.98. The van der Waals surface area contributed by atoms with E-state index in [9.17, 15) is 9.59 Å². The molecule has 0 unspecified atom stereocenters.